The van der Waals surface area contributed by atoms with E-state index in [-0.39, 0.29) is 0 Å². The van der Waals surface area contributed by atoms with Gasteiger partial charge in [0.25, 0.3) is 0 Å². The molecule has 0 radical (unpaired) electrons. The van der Waals surface area contributed by atoms with Gasteiger partial charge in [-0.05, 0) is 12.1 Å². The minimum atomic E-state index is 0.813. The molecule has 0 fully saturated rings. The van der Waals surface area contributed by atoms with Gasteiger partial charge in [-0.25, -0.2) is 4.98 Å². The van der Waals surface area contributed by atoms with E-state index in [1.54, 1.807) is 0 Å². The molecule has 2 heteroatoms. The number of pyridine rings is 1. The summed E-state index contributed by atoms with van der Waals surface area (Å²) in [6, 6.07) is 26.2. The highest BCUT2D eigenvalue weighted by Crippen LogP contribution is 2.28. The Labute approximate surface area is 122 Å². The minimum absolute atomic E-state index is 0.813. The van der Waals surface area contributed by atoms with E-state index in [1.165, 1.54) is 0 Å². The van der Waals surface area contributed by atoms with Crippen LogP contribution in [0.15, 0.2) is 83.3 Å². The number of furan rings is 1. The first kappa shape index (κ1) is 11.9. The molecule has 0 aliphatic rings. The summed E-state index contributed by atoms with van der Waals surface area (Å²) >= 11 is 0. The monoisotopic (exact) mass is 271 g/mol. The first-order chi connectivity index (χ1) is 10.4. The number of nitrogens with zero attached hydrogens (tertiary/aromatic N) is 1. The molecule has 0 bridgehead atoms. The van der Waals surface area contributed by atoms with Crippen molar-refractivity contribution in [1.29, 1.82) is 0 Å². The summed E-state index contributed by atoms with van der Waals surface area (Å²) < 4.78 is 5.88. The second-order valence-electron chi connectivity index (χ2n) is 4.92. The van der Waals surface area contributed by atoms with Crippen molar-refractivity contribution < 1.29 is 4.42 Å². The molecule has 2 aromatic heterocycles. The van der Waals surface area contributed by atoms with E-state index in [9.17, 15) is 0 Å². The van der Waals surface area contributed by atoms with E-state index in [2.05, 4.69) is 12.1 Å². The van der Waals surface area contributed by atoms with Crippen LogP contribution in [-0.2, 0) is 0 Å². The maximum Gasteiger partial charge on any atom is 0.153 e. The highest BCUT2D eigenvalue weighted by molar-refractivity contribution is 5.81. The SMILES string of the molecule is c1ccc(-c2ccc3oc(-c4ccccc4)cc3n2)cc1. The molecule has 0 amide bonds. The van der Waals surface area contributed by atoms with Crippen molar-refractivity contribution in [1.82, 2.24) is 4.98 Å². The third-order valence-corrected chi connectivity index (χ3v) is 3.50. The Balaban J connectivity index is 1.82. The lowest BCUT2D eigenvalue weighted by Crippen LogP contribution is -1.81. The quantitative estimate of drug-likeness (QED) is 0.503. The summed E-state index contributed by atoms with van der Waals surface area (Å²) in [5.41, 5.74) is 4.84. The Hall–Kier alpha value is -2.87. The zero-order valence-corrected chi connectivity index (χ0v) is 11.4. The van der Waals surface area contributed by atoms with E-state index in [4.69, 9.17) is 9.40 Å². The topological polar surface area (TPSA) is 26.0 Å². The molecule has 2 nitrogen and oxygen atoms in total. The molecule has 4 aromatic rings. The van der Waals surface area contributed by atoms with Gasteiger partial charge in [0, 0.05) is 17.2 Å². The molecule has 0 N–H and O–H groups in total. The van der Waals surface area contributed by atoms with Gasteiger partial charge in [0.15, 0.2) is 5.58 Å². The van der Waals surface area contributed by atoms with Gasteiger partial charge in [0.2, 0.25) is 0 Å². The van der Waals surface area contributed by atoms with Crippen LogP contribution in [0.25, 0.3) is 33.7 Å². The van der Waals surface area contributed by atoms with Gasteiger partial charge < -0.3 is 4.42 Å². The van der Waals surface area contributed by atoms with Gasteiger partial charge in [0.05, 0.1) is 5.69 Å². The molecule has 2 heterocycles. The minimum Gasteiger partial charge on any atom is -0.454 e. The number of hydrogen-bond donors (Lipinski definition) is 0. The molecule has 0 aliphatic heterocycles. The summed E-state index contributed by atoms with van der Waals surface area (Å²) in [5, 5.41) is 0. The Kier molecular flexibility index (Phi) is 2.79. The van der Waals surface area contributed by atoms with Crippen molar-refractivity contribution in [2.75, 3.05) is 0 Å². The Bertz CT molecular complexity index is 842. The zero-order valence-electron chi connectivity index (χ0n) is 11.4. The molecule has 0 unspecified atom stereocenters. The number of aromatic nitrogens is 1. The van der Waals surface area contributed by atoms with Crippen LogP contribution in [0.1, 0.15) is 0 Å². The fraction of sp³-hybridized carbons (Fsp3) is 0. The Morgan fingerprint density at radius 3 is 2.05 bits per heavy atom. The van der Waals surface area contributed by atoms with Crippen LogP contribution >= 0.6 is 0 Å². The largest absolute Gasteiger partial charge is 0.454 e. The van der Waals surface area contributed by atoms with Crippen LogP contribution in [0.4, 0.5) is 0 Å². The molecule has 2 aromatic carbocycles. The fourth-order valence-corrected chi connectivity index (χ4v) is 2.44. The van der Waals surface area contributed by atoms with Crippen LogP contribution in [0.5, 0.6) is 0 Å². The molecule has 0 atom stereocenters. The van der Waals surface area contributed by atoms with Crippen LogP contribution < -0.4 is 0 Å². The van der Waals surface area contributed by atoms with Crippen molar-refractivity contribution in [2.24, 2.45) is 0 Å². The maximum atomic E-state index is 5.88. The van der Waals surface area contributed by atoms with Gasteiger partial charge in [-0.1, -0.05) is 60.7 Å². The molecule has 0 aliphatic carbocycles. The Morgan fingerprint density at radius 2 is 1.33 bits per heavy atom. The summed E-state index contributed by atoms with van der Waals surface area (Å²) in [4.78, 5) is 4.70. The van der Waals surface area contributed by atoms with E-state index < -0.39 is 0 Å². The molecule has 100 valence electrons. The highest BCUT2D eigenvalue weighted by Gasteiger charge is 2.08. The third-order valence-electron chi connectivity index (χ3n) is 3.50. The first-order valence-electron chi connectivity index (χ1n) is 6.91. The average Bonchev–Trinajstić information content (AvgIpc) is 2.99. The standard InChI is InChI=1S/C19H13NO/c1-3-7-14(8-4-1)16-11-12-18-17(20-16)13-19(21-18)15-9-5-2-6-10-15/h1-13H. The van der Waals surface area contributed by atoms with Crippen molar-refractivity contribution in [3.63, 3.8) is 0 Å². The fourth-order valence-electron chi connectivity index (χ4n) is 2.44. The van der Waals surface area contributed by atoms with Gasteiger partial charge in [-0.15, -0.1) is 0 Å². The lowest BCUT2D eigenvalue weighted by Gasteiger charge is -1.99. The second kappa shape index (κ2) is 4.91. The molecule has 0 spiro atoms. The molecule has 0 saturated carbocycles. The van der Waals surface area contributed by atoms with Crippen molar-refractivity contribution >= 4 is 11.1 Å². The second-order valence-corrected chi connectivity index (χ2v) is 4.92. The van der Waals surface area contributed by atoms with Crippen LogP contribution in [0, 0.1) is 0 Å². The van der Waals surface area contributed by atoms with Crippen molar-refractivity contribution in [2.45, 2.75) is 0 Å². The lowest BCUT2D eigenvalue weighted by atomic mass is 10.1. The smallest absolute Gasteiger partial charge is 0.153 e. The molecular weight excluding hydrogens is 258 g/mol. The predicted molar refractivity (Wildman–Crippen MR) is 84.9 cm³/mol. The van der Waals surface area contributed by atoms with Crippen LogP contribution in [0.2, 0.25) is 0 Å². The predicted octanol–water partition coefficient (Wildman–Crippen LogP) is 5.16. The maximum absolute atomic E-state index is 5.88. The number of rotatable bonds is 2. The van der Waals surface area contributed by atoms with E-state index in [1.807, 2.05) is 66.7 Å². The van der Waals surface area contributed by atoms with Gasteiger partial charge in [0.1, 0.15) is 11.3 Å². The average molecular weight is 271 g/mol. The molecule has 0 saturated heterocycles. The molecule has 4 rings (SSSR count). The lowest BCUT2D eigenvalue weighted by molar-refractivity contribution is 0.631. The highest BCUT2D eigenvalue weighted by atomic mass is 16.3. The van der Waals surface area contributed by atoms with E-state index in [0.717, 1.165) is 33.7 Å². The summed E-state index contributed by atoms with van der Waals surface area (Å²) in [6.07, 6.45) is 0. The molecular formula is C19H13NO. The van der Waals surface area contributed by atoms with Crippen molar-refractivity contribution in [3.8, 4) is 22.6 Å². The van der Waals surface area contributed by atoms with E-state index in [0.29, 0.717) is 0 Å². The normalized spacial score (nSPS) is 10.9. The zero-order chi connectivity index (χ0) is 14.1. The van der Waals surface area contributed by atoms with Gasteiger partial charge in [-0.3, -0.25) is 0 Å². The van der Waals surface area contributed by atoms with Gasteiger partial charge in [-0.2, -0.15) is 0 Å². The van der Waals surface area contributed by atoms with Crippen LogP contribution in [-0.4, -0.2) is 4.98 Å². The first-order valence-corrected chi connectivity index (χ1v) is 6.91. The summed E-state index contributed by atoms with van der Waals surface area (Å²) in [6.45, 7) is 0. The Morgan fingerprint density at radius 1 is 0.667 bits per heavy atom. The van der Waals surface area contributed by atoms with Gasteiger partial charge >= 0.3 is 0 Å². The number of hydrogen-bond acceptors (Lipinski definition) is 2. The van der Waals surface area contributed by atoms with Crippen molar-refractivity contribution in [3.05, 3.63) is 78.9 Å². The third kappa shape index (κ3) is 2.21. The number of fused-ring (bicyclic) bond motifs is 1. The molecule has 21 heavy (non-hydrogen) atoms. The van der Waals surface area contributed by atoms with E-state index >= 15 is 0 Å². The summed E-state index contributed by atoms with van der Waals surface area (Å²) in [7, 11) is 0. The number of benzene rings is 2. The van der Waals surface area contributed by atoms with Crippen LogP contribution in [0.3, 0.4) is 0 Å². The summed E-state index contributed by atoms with van der Waals surface area (Å²) in [5.74, 6) is 0.850.